The molecule has 2 aromatic heterocycles. The molecule has 22 heavy (non-hydrogen) atoms. The highest BCUT2D eigenvalue weighted by atomic mass is 32.2. The average Bonchev–Trinajstić information content (AvgIpc) is 3.00. The van der Waals surface area contributed by atoms with E-state index in [2.05, 4.69) is 10.3 Å². The molecule has 1 atom stereocenters. The third kappa shape index (κ3) is 3.05. The quantitative estimate of drug-likeness (QED) is 0.739. The van der Waals surface area contributed by atoms with Crippen molar-refractivity contribution in [2.45, 2.75) is 11.4 Å². The molecule has 0 bridgehead atoms. The van der Waals surface area contributed by atoms with Crippen molar-refractivity contribution in [1.29, 1.82) is 0 Å². The molecule has 7 heteroatoms. The summed E-state index contributed by atoms with van der Waals surface area (Å²) in [6.07, 6.45) is 5.15. The highest BCUT2D eigenvalue weighted by Gasteiger charge is 2.06. The number of benzene rings is 1. The largest absolute Gasteiger partial charge is 0.768 e. The van der Waals surface area contributed by atoms with Crippen LogP contribution in [0.15, 0.2) is 59.9 Å². The van der Waals surface area contributed by atoms with Crippen LogP contribution in [0.5, 0.6) is 0 Å². The Morgan fingerprint density at radius 1 is 1.23 bits per heavy atom. The Kier molecular flexibility index (Phi) is 3.99. The lowest BCUT2D eigenvalue weighted by atomic mass is 10.2. The van der Waals surface area contributed by atoms with E-state index in [0.29, 0.717) is 12.1 Å². The third-order valence-electron chi connectivity index (χ3n) is 3.22. The zero-order chi connectivity index (χ0) is 15.5. The van der Waals surface area contributed by atoms with Crippen molar-refractivity contribution in [2.75, 3.05) is 0 Å². The topological polar surface area (TPSA) is 86.5 Å². The van der Waals surface area contributed by atoms with Crippen LogP contribution in [-0.4, -0.2) is 24.1 Å². The van der Waals surface area contributed by atoms with E-state index in [-0.39, 0.29) is 10.8 Å². The van der Waals surface area contributed by atoms with E-state index < -0.39 is 11.1 Å². The van der Waals surface area contributed by atoms with Crippen LogP contribution in [0.3, 0.4) is 0 Å². The number of amides is 1. The lowest BCUT2D eigenvalue weighted by molar-refractivity contribution is 0.0950. The van der Waals surface area contributed by atoms with Gasteiger partial charge >= 0.3 is 0 Å². The minimum atomic E-state index is -2.24. The Morgan fingerprint density at radius 2 is 2.00 bits per heavy atom. The summed E-state index contributed by atoms with van der Waals surface area (Å²) < 4.78 is 23.3. The molecule has 6 nitrogen and oxygen atoms in total. The molecule has 0 fully saturated rings. The van der Waals surface area contributed by atoms with Crippen molar-refractivity contribution in [2.24, 2.45) is 0 Å². The van der Waals surface area contributed by atoms with Crippen molar-refractivity contribution in [3.8, 4) is 0 Å². The van der Waals surface area contributed by atoms with Gasteiger partial charge in [0, 0.05) is 30.0 Å². The van der Waals surface area contributed by atoms with Crippen LogP contribution in [0.4, 0.5) is 0 Å². The normalized spacial score (nSPS) is 12.2. The minimum Gasteiger partial charge on any atom is -0.768 e. The number of carbonyl (C=O) groups excluding carboxylic acids is 1. The van der Waals surface area contributed by atoms with Crippen molar-refractivity contribution in [3.05, 3.63) is 66.1 Å². The number of fused-ring (bicyclic) bond motifs is 1. The number of imidazole rings is 1. The number of nitrogens with zero attached hydrogens (tertiary/aromatic N) is 2. The van der Waals surface area contributed by atoms with Crippen LogP contribution in [-0.2, 0) is 17.6 Å². The van der Waals surface area contributed by atoms with Crippen molar-refractivity contribution >= 4 is 22.6 Å². The molecule has 0 aliphatic carbocycles. The molecule has 1 amide bonds. The highest BCUT2D eigenvalue weighted by molar-refractivity contribution is 7.79. The number of nitrogens with one attached hydrogen (secondary N) is 1. The highest BCUT2D eigenvalue weighted by Crippen LogP contribution is 2.08. The van der Waals surface area contributed by atoms with Gasteiger partial charge in [-0.05, 0) is 40.9 Å². The molecular formula is C15H12N3O3S-. The monoisotopic (exact) mass is 314 g/mol. The fraction of sp³-hybridized carbons (Fsp3) is 0.0667. The summed E-state index contributed by atoms with van der Waals surface area (Å²) in [5.74, 6) is -0.202. The second kappa shape index (κ2) is 6.08. The summed E-state index contributed by atoms with van der Waals surface area (Å²) in [5, 5.41) is 2.79. The fourth-order valence-corrected chi connectivity index (χ4v) is 2.42. The predicted molar refractivity (Wildman–Crippen MR) is 80.0 cm³/mol. The zero-order valence-electron chi connectivity index (χ0n) is 11.4. The van der Waals surface area contributed by atoms with Gasteiger partial charge in [-0.2, -0.15) is 0 Å². The Labute approximate surface area is 129 Å². The van der Waals surface area contributed by atoms with Gasteiger partial charge < -0.3 is 14.3 Å². The molecule has 1 aromatic carbocycles. The number of hydrogen-bond donors (Lipinski definition) is 1. The average molecular weight is 314 g/mol. The van der Waals surface area contributed by atoms with E-state index in [0.717, 1.165) is 11.2 Å². The molecule has 0 spiro atoms. The first-order chi connectivity index (χ1) is 10.6. The van der Waals surface area contributed by atoms with Gasteiger partial charge in [-0.15, -0.1) is 0 Å². The van der Waals surface area contributed by atoms with Gasteiger partial charge in [0.05, 0.1) is 5.56 Å². The van der Waals surface area contributed by atoms with Crippen LogP contribution in [0.25, 0.3) is 5.65 Å². The van der Waals surface area contributed by atoms with E-state index in [1.807, 2.05) is 0 Å². The summed E-state index contributed by atoms with van der Waals surface area (Å²) in [6.45, 7) is 0.326. The van der Waals surface area contributed by atoms with Gasteiger partial charge in [-0.1, -0.05) is 12.1 Å². The van der Waals surface area contributed by atoms with Crippen molar-refractivity contribution in [1.82, 2.24) is 14.7 Å². The van der Waals surface area contributed by atoms with Crippen LogP contribution in [0.1, 0.15) is 15.9 Å². The van der Waals surface area contributed by atoms with E-state index in [9.17, 15) is 13.6 Å². The first-order valence-electron chi connectivity index (χ1n) is 6.52. The number of aromatic nitrogens is 2. The van der Waals surface area contributed by atoms with Crippen molar-refractivity contribution < 1.29 is 13.6 Å². The predicted octanol–water partition coefficient (Wildman–Crippen LogP) is 1.50. The van der Waals surface area contributed by atoms with E-state index in [1.165, 1.54) is 12.1 Å². The molecule has 0 saturated heterocycles. The van der Waals surface area contributed by atoms with E-state index >= 15 is 0 Å². The number of pyridine rings is 1. The standard InChI is InChI=1S/C15H13N3O3S/c19-15(12-3-6-14-16-7-8-18(14)10-12)17-9-11-1-4-13(5-2-11)22(20)21/h1-8,10H,9H2,(H,17,19)(H,20,21)/p-1. The molecular weight excluding hydrogens is 302 g/mol. The molecule has 0 aliphatic heterocycles. The third-order valence-corrected chi connectivity index (χ3v) is 3.88. The molecule has 112 valence electrons. The van der Waals surface area contributed by atoms with Crippen LogP contribution >= 0.6 is 0 Å². The smallest absolute Gasteiger partial charge is 0.253 e. The molecule has 3 rings (SSSR count). The SMILES string of the molecule is O=C(NCc1ccc(S(=O)[O-])cc1)c1ccc2nccn2c1. The minimum absolute atomic E-state index is 0.202. The fourth-order valence-electron chi connectivity index (χ4n) is 2.06. The van der Waals surface area contributed by atoms with Gasteiger partial charge in [0.2, 0.25) is 0 Å². The van der Waals surface area contributed by atoms with Crippen LogP contribution < -0.4 is 5.32 Å². The maximum atomic E-state index is 12.1. The maximum Gasteiger partial charge on any atom is 0.253 e. The van der Waals surface area contributed by atoms with Crippen LogP contribution in [0.2, 0.25) is 0 Å². The molecule has 0 aliphatic rings. The van der Waals surface area contributed by atoms with Gasteiger partial charge in [-0.3, -0.25) is 9.00 Å². The molecule has 0 radical (unpaired) electrons. The Balaban J connectivity index is 1.67. The second-order valence-corrected chi connectivity index (χ2v) is 5.61. The van der Waals surface area contributed by atoms with Gasteiger partial charge in [0.25, 0.3) is 5.91 Å². The summed E-state index contributed by atoms with van der Waals surface area (Å²) in [7, 11) is 0. The molecule has 1 unspecified atom stereocenters. The van der Waals surface area contributed by atoms with Crippen molar-refractivity contribution in [3.63, 3.8) is 0 Å². The Hall–Kier alpha value is -2.51. The molecule has 1 N–H and O–H groups in total. The first kappa shape index (κ1) is 14.4. The Bertz CT molecular complexity index is 843. The van der Waals surface area contributed by atoms with Crippen LogP contribution in [0, 0.1) is 0 Å². The molecule has 2 heterocycles. The maximum absolute atomic E-state index is 12.1. The lowest BCUT2D eigenvalue weighted by Crippen LogP contribution is -2.23. The number of rotatable bonds is 4. The zero-order valence-corrected chi connectivity index (χ0v) is 12.2. The second-order valence-electron chi connectivity index (χ2n) is 4.67. The summed E-state index contributed by atoms with van der Waals surface area (Å²) in [4.78, 5) is 16.5. The van der Waals surface area contributed by atoms with E-state index in [1.54, 1.807) is 47.3 Å². The van der Waals surface area contributed by atoms with Gasteiger partial charge in [-0.25, -0.2) is 4.98 Å². The Morgan fingerprint density at radius 3 is 2.73 bits per heavy atom. The summed E-state index contributed by atoms with van der Waals surface area (Å²) in [5.41, 5.74) is 2.13. The molecule has 3 aromatic rings. The first-order valence-corrected chi connectivity index (χ1v) is 7.60. The number of carbonyl (C=O) groups is 1. The van der Waals surface area contributed by atoms with E-state index in [4.69, 9.17) is 0 Å². The van der Waals surface area contributed by atoms with Gasteiger partial charge in [0.1, 0.15) is 5.65 Å². The summed E-state index contributed by atoms with van der Waals surface area (Å²) in [6, 6.07) is 9.83. The van der Waals surface area contributed by atoms with Gasteiger partial charge in [0.15, 0.2) is 0 Å². The lowest BCUT2D eigenvalue weighted by Gasteiger charge is -2.08. The number of hydrogen-bond acceptors (Lipinski definition) is 4. The molecule has 0 saturated carbocycles. The summed E-state index contributed by atoms with van der Waals surface area (Å²) >= 11 is -2.24.